The monoisotopic (exact) mass is 427 g/mol. The molecule has 0 fully saturated rings. The summed E-state index contributed by atoms with van der Waals surface area (Å²) in [7, 11) is -2.15. The molecule has 0 aliphatic heterocycles. The van der Waals surface area contributed by atoms with Crippen molar-refractivity contribution in [2.45, 2.75) is 12.8 Å². The molecule has 3 heteroatoms. The fourth-order valence-corrected chi connectivity index (χ4v) is 8.22. The number of aryl methyl sites for hydroxylation is 1. The second-order valence-corrected chi connectivity index (χ2v) is 11.1. The van der Waals surface area contributed by atoms with E-state index in [1.54, 1.807) is 12.1 Å². The summed E-state index contributed by atoms with van der Waals surface area (Å²) in [5.41, 5.74) is 0.984. The van der Waals surface area contributed by atoms with E-state index in [0.29, 0.717) is 19.0 Å². The van der Waals surface area contributed by atoms with Gasteiger partial charge in [0.2, 0.25) is 0 Å². The molecule has 0 aromatic heterocycles. The molecule has 4 rings (SSSR count). The zero-order chi connectivity index (χ0) is 21.5. The highest BCUT2D eigenvalue weighted by molar-refractivity contribution is 7.96. The van der Waals surface area contributed by atoms with E-state index < -0.39 is 7.26 Å². The predicted octanol–water partition coefficient (Wildman–Crippen LogP) is 5.32. The topological polar surface area (TPSA) is 17.1 Å². The Morgan fingerprint density at radius 2 is 1.03 bits per heavy atom. The number of benzene rings is 4. The molecule has 0 heterocycles. The zero-order valence-electron chi connectivity index (χ0n) is 17.3. The molecule has 0 bridgehead atoms. The first-order valence-electron chi connectivity index (χ1n) is 10.5. The highest BCUT2D eigenvalue weighted by Crippen LogP contribution is 2.55. The second kappa shape index (κ2) is 9.81. The maximum absolute atomic E-state index is 13.4. The number of hydrogen-bond donors (Lipinski definition) is 0. The van der Waals surface area contributed by atoms with E-state index in [-0.39, 0.29) is 11.6 Å². The van der Waals surface area contributed by atoms with E-state index >= 15 is 0 Å². The van der Waals surface area contributed by atoms with Crippen molar-refractivity contribution in [2.75, 3.05) is 6.16 Å². The number of halogens is 1. The van der Waals surface area contributed by atoms with Gasteiger partial charge in [-0.05, 0) is 60.5 Å². The summed E-state index contributed by atoms with van der Waals surface area (Å²) in [6.07, 6.45) is 1.55. The molecular formula is C28H25FOP+. The van der Waals surface area contributed by atoms with Crippen molar-refractivity contribution in [1.29, 1.82) is 0 Å². The van der Waals surface area contributed by atoms with Gasteiger partial charge in [0.25, 0.3) is 0 Å². The van der Waals surface area contributed by atoms with Gasteiger partial charge < -0.3 is 0 Å². The fourth-order valence-electron chi connectivity index (χ4n) is 4.05. The lowest BCUT2D eigenvalue weighted by Gasteiger charge is -2.27. The number of hydrogen-bond acceptors (Lipinski definition) is 1. The molecule has 0 saturated heterocycles. The normalized spacial score (nSPS) is 11.3. The third kappa shape index (κ3) is 4.81. The fraction of sp³-hybridized carbons (Fsp3) is 0.107. The molecule has 1 nitrogen and oxygen atoms in total. The Bertz CT molecular complexity index is 1010. The van der Waals surface area contributed by atoms with E-state index in [9.17, 15) is 9.18 Å². The van der Waals surface area contributed by atoms with Gasteiger partial charge in [0.15, 0.2) is 5.78 Å². The zero-order valence-corrected chi connectivity index (χ0v) is 18.2. The molecule has 0 atom stereocenters. The Hall–Kier alpha value is -3.09. The predicted molar refractivity (Wildman–Crippen MR) is 130 cm³/mol. The van der Waals surface area contributed by atoms with Gasteiger partial charge >= 0.3 is 0 Å². The Labute approximate surface area is 183 Å². The lowest BCUT2D eigenvalue weighted by molar-refractivity contribution is -0.116. The Balaban J connectivity index is 1.73. The van der Waals surface area contributed by atoms with Crippen molar-refractivity contribution in [3.63, 3.8) is 0 Å². The van der Waals surface area contributed by atoms with Crippen LogP contribution in [0.1, 0.15) is 12.0 Å². The molecule has 154 valence electrons. The van der Waals surface area contributed by atoms with Crippen LogP contribution in [-0.2, 0) is 11.2 Å². The van der Waals surface area contributed by atoms with Gasteiger partial charge in [0.05, 0.1) is 0 Å². The van der Waals surface area contributed by atoms with Gasteiger partial charge in [-0.3, -0.25) is 4.79 Å². The van der Waals surface area contributed by atoms with Crippen LogP contribution in [0.4, 0.5) is 4.39 Å². The van der Waals surface area contributed by atoms with Crippen LogP contribution in [0.25, 0.3) is 0 Å². The van der Waals surface area contributed by atoms with Crippen LogP contribution in [0.2, 0.25) is 0 Å². The van der Waals surface area contributed by atoms with Crippen molar-refractivity contribution in [3.8, 4) is 0 Å². The van der Waals surface area contributed by atoms with Crippen LogP contribution in [0, 0.1) is 5.82 Å². The van der Waals surface area contributed by atoms with Crippen molar-refractivity contribution in [3.05, 3.63) is 127 Å². The van der Waals surface area contributed by atoms with Crippen molar-refractivity contribution >= 4 is 29.0 Å². The molecule has 0 unspecified atom stereocenters. The Morgan fingerprint density at radius 3 is 1.45 bits per heavy atom. The largest absolute Gasteiger partial charge is 0.296 e. The third-order valence-electron chi connectivity index (χ3n) is 5.61. The van der Waals surface area contributed by atoms with Gasteiger partial charge in [0, 0.05) is 6.42 Å². The number of ketones is 1. The van der Waals surface area contributed by atoms with E-state index in [4.69, 9.17) is 0 Å². The van der Waals surface area contributed by atoms with Crippen LogP contribution in [-0.4, -0.2) is 11.9 Å². The molecule has 0 aliphatic carbocycles. The van der Waals surface area contributed by atoms with E-state index in [1.165, 1.54) is 28.0 Å². The maximum Gasteiger partial charge on any atom is 0.171 e. The molecular weight excluding hydrogens is 402 g/mol. The van der Waals surface area contributed by atoms with Crippen molar-refractivity contribution < 1.29 is 9.18 Å². The van der Waals surface area contributed by atoms with Gasteiger partial charge in [-0.2, -0.15) is 0 Å². The summed E-state index contributed by atoms with van der Waals surface area (Å²) in [5, 5.41) is 3.63. The van der Waals surface area contributed by atoms with Crippen molar-refractivity contribution in [1.82, 2.24) is 0 Å². The highest BCUT2D eigenvalue weighted by atomic mass is 31.2. The van der Waals surface area contributed by atoms with Crippen LogP contribution < -0.4 is 15.9 Å². The van der Waals surface area contributed by atoms with Gasteiger partial charge in [-0.25, -0.2) is 4.39 Å². The minimum absolute atomic E-state index is 0.231. The summed E-state index contributed by atoms with van der Waals surface area (Å²) in [6, 6.07) is 37.7. The Kier molecular flexibility index (Phi) is 6.70. The standard InChI is InChI=1S/C28H25FOP/c29-24-19-16-23(17-20-24)18-21-25(30)22-31(26-10-4-1-5-11-26,27-12-6-2-7-13-27)28-14-8-3-9-15-28/h1-17,19-20H,18,21-22H2/q+1. The van der Waals surface area contributed by atoms with Crippen LogP contribution >= 0.6 is 7.26 Å². The van der Waals surface area contributed by atoms with E-state index in [2.05, 4.69) is 72.8 Å². The first-order valence-corrected chi connectivity index (χ1v) is 12.5. The molecule has 0 N–H and O–H groups in total. The molecule has 4 aromatic rings. The summed E-state index contributed by atoms with van der Waals surface area (Å²) in [6.45, 7) is 0. The summed E-state index contributed by atoms with van der Waals surface area (Å²) in [4.78, 5) is 13.4. The van der Waals surface area contributed by atoms with Crippen LogP contribution in [0.15, 0.2) is 115 Å². The average molecular weight is 427 g/mol. The third-order valence-corrected chi connectivity index (χ3v) is 9.98. The minimum Gasteiger partial charge on any atom is -0.296 e. The molecule has 0 saturated carbocycles. The van der Waals surface area contributed by atoms with Gasteiger partial charge in [-0.1, -0.05) is 66.7 Å². The summed E-state index contributed by atoms with van der Waals surface area (Å²) < 4.78 is 13.2. The van der Waals surface area contributed by atoms with Crippen LogP contribution in [0.5, 0.6) is 0 Å². The lowest BCUT2D eigenvalue weighted by Crippen LogP contribution is -2.35. The number of carbonyl (C=O) groups is 1. The first-order chi connectivity index (χ1) is 15.2. The quantitative estimate of drug-likeness (QED) is 0.348. The van der Waals surface area contributed by atoms with E-state index in [1.807, 2.05) is 18.2 Å². The number of carbonyl (C=O) groups excluding carboxylic acids is 1. The minimum atomic E-state index is -2.15. The first kappa shape index (κ1) is 21.2. The average Bonchev–Trinajstić information content (AvgIpc) is 2.84. The van der Waals surface area contributed by atoms with Crippen molar-refractivity contribution in [2.24, 2.45) is 0 Å². The highest BCUT2D eigenvalue weighted by Gasteiger charge is 2.46. The summed E-state index contributed by atoms with van der Waals surface area (Å²) in [5.74, 6) is -0.0218. The number of Topliss-reactive ketones (excluding diaryl/α,β-unsaturated/α-hetero) is 1. The lowest BCUT2D eigenvalue weighted by atomic mass is 10.1. The van der Waals surface area contributed by atoms with Crippen LogP contribution in [0.3, 0.4) is 0 Å². The molecule has 0 aliphatic rings. The maximum atomic E-state index is 13.4. The molecule has 0 amide bonds. The summed E-state index contributed by atoms with van der Waals surface area (Å²) >= 11 is 0. The second-order valence-electron chi connectivity index (χ2n) is 7.64. The molecule has 0 spiro atoms. The van der Waals surface area contributed by atoms with Gasteiger partial charge in [-0.15, -0.1) is 0 Å². The smallest absolute Gasteiger partial charge is 0.171 e. The van der Waals surface area contributed by atoms with E-state index in [0.717, 1.165) is 5.56 Å². The molecule has 0 radical (unpaired) electrons. The number of rotatable bonds is 8. The van der Waals surface area contributed by atoms with Gasteiger partial charge in [0.1, 0.15) is 35.2 Å². The Morgan fingerprint density at radius 1 is 0.613 bits per heavy atom. The molecule has 4 aromatic carbocycles. The molecule has 31 heavy (non-hydrogen) atoms. The SMILES string of the molecule is O=C(CCc1ccc(F)cc1)C[P+](c1ccccc1)(c1ccccc1)c1ccccc1.